The highest BCUT2D eigenvalue weighted by molar-refractivity contribution is 5.39. The molecule has 1 unspecified atom stereocenters. The molecule has 1 atom stereocenters. The molecular weight excluding hydrogens is 232 g/mol. The van der Waals surface area contributed by atoms with E-state index in [1.807, 2.05) is 31.2 Å². The molecule has 1 N–H and O–H groups in total. The van der Waals surface area contributed by atoms with Gasteiger partial charge < -0.3 is 19.3 Å². The van der Waals surface area contributed by atoms with E-state index in [2.05, 4.69) is 0 Å². The molecule has 4 heteroatoms. The highest BCUT2D eigenvalue weighted by atomic mass is 16.5. The van der Waals surface area contributed by atoms with Crippen LogP contribution in [0.1, 0.15) is 19.8 Å². The van der Waals surface area contributed by atoms with E-state index in [9.17, 15) is 5.11 Å². The molecule has 0 aliphatic heterocycles. The van der Waals surface area contributed by atoms with Gasteiger partial charge in [0.25, 0.3) is 0 Å². The third-order valence-corrected chi connectivity index (χ3v) is 2.45. The summed E-state index contributed by atoms with van der Waals surface area (Å²) >= 11 is 0. The van der Waals surface area contributed by atoms with Crippen molar-refractivity contribution < 1.29 is 19.3 Å². The van der Waals surface area contributed by atoms with Crippen LogP contribution >= 0.6 is 0 Å². The number of hydrogen-bond acceptors (Lipinski definition) is 4. The minimum absolute atomic E-state index is 0.371. The summed E-state index contributed by atoms with van der Waals surface area (Å²) in [6.07, 6.45) is 1.04. The molecule has 102 valence electrons. The van der Waals surface area contributed by atoms with Crippen molar-refractivity contribution in [2.75, 3.05) is 26.9 Å². The van der Waals surface area contributed by atoms with Crippen LogP contribution in [0.2, 0.25) is 0 Å². The fraction of sp³-hybridized carbons (Fsp3) is 0.571. The van der Waals surface area contributed by atoms with E-state index in [4.69, 9.17) is 14.2 Å². The van der Waals surface area contributed by atoms with Crippen LogP contribution in [0.3, 0.4) is 0 Å². The molecule has 0 amide bonds. The molecule has 0 fully saturated rings. The second-order valence-electron chi connectivity index (χ2n) is 3.98. The lowest BCUT2D eigenvalue weighted by Gasteiger charge is -2.12. The Morgan fingerprint density at radius 3 is 2.44 bits per heavy atom. The van der Waals surface area contributed by atoms with Crippen LogP contribution in [0.5, 0.6) is 11.5 Å². The molecule has 1 aromatic rings. The fourth-order valence-corrected chi connectivity index (χ4v) is 1.62. The predicted molar refractivity (Wildman–Crippen MR) is 70.2 cm³/mol. The van der Waals surface area contributed by atoms with Gasteiger partial charge in [0.2, 0.25) is 0 Å². The highest BCUT2D eigenvalue weighted by Gasteiger charge is 2.05. The summed E-state index contributed by atoms with van der Waals surface area (Å²) in [7, 11) is 1.58. The number of benzene rings is 1. The molecule has 0 aliphatic carbocycles. The first-order chi connectivity index (χ1) is 8.77. The van der Waals surface area contributed by atoms with Crippen LogP contribution in [0.4, 0.5) is 0 Å². The van der Waals surface area contributed by atoms with Crippen LogP contribution < -0.4 is 9.47 Å². The summed E-state index contributed by atoms with van der Waals surface area (Å²) in [5.74, 6) is 1.51. The zero-order chi connectivity index (χ0) is 13.2. The van der Waals surface area contributed by atoms with Crippen LogP contribution in [0.25, 0.3) is 0 Å². The molecule has 18 heavy (non-hydrogen) atoms. The number of para-hydroxylation sites is 2. The molecular formula is C14H22O4. The van der Waals surface area contributed by atoms with Crippen molar-refractivity contribution in [3.8, 4) is 11.5 Å². The zero-order valence-corrected chi connectivity index (χ0v) is 11.1. The Morgan fingerprint density at radius 2 is 1.83 bits per heavy atom. The largest absolute Gasteiger partial charge is 0.490 e. The monoisotopic (exact) mass is 254 g/mol. The van der Waals surface area contributed by atoms with Gasteiger partial charge in [-0.2, -0.15) is 0 Å². The molecule has 1 aromatic carbocycles. The van der Waals surface area contributed by atoms with Crippen LogP contribution in [-0.2, 0) is 4.74 Å². The normalized spacial score (nSPS) is 12.2. The van der Waals surface area contributed by atoms with E-state index >= 15 is 0 Å². The number of hydrogen-bond donors (Lipinski definition) is 1. The molecule has 0 aromatic heterocycles. The molecule has 0 saturated carbocycles. The summed E-state index contributed by atoms with van der Waals surface area (Å²) in [6.45, 7) is 3.49. The van der Waals surface area contributed by atoms with Crippen molar-refractivity contribution in [1.29, 1.82) is 0 Å². The highest BCUT2D eigenvalue weighted by Crippen LogP contribution is 2.26. The van der Waals surface area contributed by atoms with Crippen LogP contribution in [0, 0.1) is 0 Å². The molecule has 0 aliphatic rings. The van der Waals surface area contributed by atoms with Crippen molar-refractivity contribution >= 4 is 0 Å². The maximum Gasteiger partial charge on any atom is 0.161 e. The first kappa shape index (κ1) is 14.8. The van der Waals surface area contributed by atoms with Crippen LogP contribution in [-0.4, -0.2) is 38.1 Å². The number of aliphatic hydroxyl groups excluding tert-OH is 1. The summed E-state index contributed by atoms with van der Waals surface area (Å²) in [4.78, 5) is 0. The van der Waals surface area contributed by atoms with Crippen molar-refractivity contribution in [2.45, 2.75) is 25.9 Å². The SMILES string of the molecule is CCOc1ccccc1OCCCC(O)COC. The Bertz CT molecular complexity index is 327. The molecule has 1 rings (SSSR count). The van der Waals surface area contributed by atoms with Crippen molar-refractivity contribution in [1.82, 2.24) is 0 Å². The second kappa shape index (κ2) is 8.78. The standard InChI is InChI=1S/C14H22O4/c1-3-17-13-8-4-5-9-14(13)18-10-6-7-12(15)11-16-2/h4-5,8-9,12,15H,3,6-7,10-11H2,1-2H3. The minimum atomic E-state index is -0.416. The van der Waals surface area contributed by atoms with Crippen molar-refractivity contribution in [3.05, 3.63) is 24.3 Å². The quantitative estimate of drug-likeness (QED) is 0.687. The molecule has 0 radical (unpaired) electrons. The maximum absolute atomic E-state index is 9.48. The van der Waals surface area contributed by atoms with E-state index in [0.717, 1.165) is 17.9 Å². The van der Waals surface area contributed by atoms with E-state index in [0.29, 0.717) is 26.2 Å². The third-order valence-electron chi connectivity index (χ3n) is 2.45. The zero-order valence-electron chi connectivity index (χ0n) is 11.1. The van der Waals surface area contributed by atoms with Gasteiger partial charge in [-0.15, -0.1) is 0 Å². The third kappa shape index (κ3) is 5.38. The average molecular weight is 254 g/mol. The Morgan fingerprint density at radius 1 is 1.17 bits per heavy atom. The Labute approximate surface area is 108 Å². The maximum atomic E-state index is 9.48. The number of aliphatic hydroxyl groups is 1. The smallest absolute Gasteiger partial charge is 0.161 e. The first-order valence-electron chi connectivity index (χ1n) is 6.29. The second-order valence-corrected chi connectivity index (χ2v) is 3.98. The molecule has 0 saturated heterocycles. The minimum Gasteiger partial charge on any atom is -0.490 e. The van der Waals surface area contributed by atoms with Crippen LogP contribution in [0.15, 0.2) is 24.3 Å². The van der Waals surface area contributed by atoms with Gasteiger partial charge in [-0.25, -0.2) is 0 Å². The van der Waals surface area contributed by atoms with Gasteiger partial charge >= 0.3 is 0 Å². The number of methoxy groups -OCH3 is 1. The Balaban J connectivity index is 2.30. The van der Waals surface area contributed by atoms with E-state index in [1.54, 1.807) is 7.11 Å². The number of rotatable bonds is 9. The van der Waals surface area contributed by atoms with Crippen molar-refractivity contribution in [2.24, 2.45) is 0 Å². The lowest BCUT2D eigenvalue weighted by Crippen LogP contribution is -2.15. The summed E-state index contributed by atoms with van der Waals surface area (Å²) in [6, 6.07) is 7.60. The Hall–Kier alpha value is -1.26. The van der Waals surface area contributed by atoms with Gasteiger partial charge in [0.15, 0.2) is 11.5 Å². The fourth-order valence-electron chi connectivity index (χ4n) is 1.62. The van der Waals surface area contributed by atoms with E-state index < -0.39 is 6.10 Å². The summed E-state index contributed by atoms with van der Waals surface area (Å²) in [5.41, 5.74) is 0. The van der Waals surface area contributed by atoms with Gasteiger partial charge in [-0.3, -0.25) is 0 Å². The molecule has 0 heterocycles. The van der Waals surface area contributed by atoms with E-state index in [-0.39, 0.29) is 0 Å². The van der Waals surface area contributed by atoms with Gasteiger partial charge in [0, 0.05) is 7.11 Å². The Kier molecular flexibility index (Phi) is 7.22. The van der Waals surface area contributed by atoms with Gasteiger partial charge in [-0.1, -0.05) is 12.1 Å². The topological polar surface area (TPSA) is 47.9 Å². The summed E-state index contributed by atoms with van der Waals surface area (Å²) < 4.78 is 16.0. The molecule has 4 nitrogen and oxygen atoms in total. The summed E-state index contributed by atoms with van der Waals surface area (Å²) in [5, 5.41) is 9.48. The van der Waals surface area contributed by atoms with Gasteiger partial charge in [0.1, 0.15) is 0 Å². The lowest BCUT2D eigenvalue weighted by atomic mass is 10.2. The van der Waals surface area contributed by atoms with Gasteiger partial charge in [-0.05, 0) is 31.9 Å². The molecule has 0 bridgehead atoms. The van der Waals surface area contributed by atoms with Crippen molar-refractivity contribution in [3.63, 3.8) is 0 Å². The first-order valence-corrected chi connectivity index (χ1v) is 6.29. The average Bonchev–Trinajstić information content (AvgIpc) is 2.37. The number of ether oxygens (including phenoxy) is 3. The van der Waals surface area contributed by atoms with Gasteiger partial charge in [0.05, 0.1) is 25.9 Å². The predicted octanol–water partition coefficient (Wildman–Crippen LogP) is 2.25. The molecule has 0 spiro atoms. The van der Waals surface area contributed by atoms with E-state index in [1.165, 1.54) is 0 Å². The lowest BCUT2D eigenvalue weighted by molar-refractivity contribution is 0.0553.